The van der Waals surface area contributed by atoms with Gasteiger partial charge in [-0.3, -0.25) is 0 Å². The van der Waals surface area contributed by atoms with Crippen LogP contribution in [0.2, 0.25) is 0 Å². The van der Waals surface area contributed by atoms with Gasteiger partial charge in [0.05, 0.1) is 36.0 Å². The van der Waals surface area contributed by atoms with Crippen LogP contribution in [0.15, 0.2) is 93.3 Å². The minimum absolute atomic E-state index is 0.622. The van der Waals surface area contributed by atoms with Crippen LogP contribution >= 0.6 is 0 Å². The molecule has 0 fully saturated rings. The molecule has 58 heavy (non-hydrogen) atoms. The summed E-state index contributed by atoms with van der Waals surface area (Å²) >= 11 is 0. The number of aryl methyl sites for hydroxylation is 2. The highest BCUT2D eigenvalue weighted by Gasteiger charge is 2.14. The Bertz CT molecular complexity index is 1730. The van der Waals surface area contributed by atoms with E-state index in [-0.39, 0.29) is 0 Å². The van der Waals surface area contributed by atoms with Gasteiger partial charge in [-0.15, -0.1) is 0 Å². The Balaban J connectivity index is 1.33. The Hall–Kier alpha value is -4.32. The highest BCUT2D eigenvalue weighted by atomic mass is 16.5. The fourth-order valence-corrected chi connectivity index (χ4v) is 7.82. The van der Waals surface area contributed by atoms with Crippen molar-refractivity contribution in [1.29, 1.82) is 0 Å². The summed E-state index contributed by atoms with van der Waals surface area (Å²) in [6, 6.07) is 25.1. The van der Waals surface area contributed by atoms with E-state index in [0.717, 1.165) is 64.6 Å². The van der Waals surface area contributed by atoms with Crippen LogP contribution in [0.5, 0.6) is 11.5 Å². The fourth-order valence-electron chi connectivity index (χ4n) is 7.82. The molecule has 1 aliphatic heterocycles. The van der Waals surface area contributed by atoms with Gasteiger partial charge < -0.3 is 9.47 Å². The van der Waals surface area contributed by atoms with E-state index in [1.807, 2.05) is 24.3 Å². The summed E-state index contributed by atoms with van der Waals surface area (Å²) in [5.74, 6) is 1.78. The lowest BCUT2D eigenvalue weighted by molar-refractivity contribution is 0.298. The number of benzene rings is 4. The third-order valence-corrected chi connectivity index (χ3v) is 11.6. The van der Waals surface area contributed by atoms with E-state index in [1.165, 1.54) is 138 Å². The molecule has 0 saturated carbocycles. The Morgan fingerprint density at radius 3 is 1.02 bits per heavy atom. The van der Waals surface area contributed by atoms with Crippen LogP contribution in [0.3, 0.4) is 0 Å². The van der Waals surface area contributed by atoms with Crippen molar-refractivity contribution in [3.63, 3.8) is 0 Å². The molecule has 0 unspecified atom stereocenters. The maximum absolute atomic E-state index is 6.54. The first-order valence-electron chi connectivity index (χ1n) is 23.1. The van der Waals surface area contributed by atoms with Gasteiger partial charge in [-0.2, -0.15) is 20.5 Å². The summed E-state index contributed by atoms with van der Waals surface area (Å²) in [5.41, 5.74) is 10.3. The van der Waals surface area contributed by atoms with Crippen LogP contribution in [0, 0.1) is 13.8 Å². The second-order valence-corrected chi connectivity index (χ2v) is 16.6. The Morgan fingerprint density at radius 2 is 0.655 bits per heavy atom. The van der Waals surface area contributed by atoms with Gasteiger partial charge in [-0.1, -0.05) is 142 Å². The molecule has 4 aromatic rings. The second-order valence-electron chi connectivity index (χ2n) is 16.6. The average Bonchev–Trinajstić information content (AvgIpc) is 3.23. The molecule has 0 N–H and O–H groups in total. The summed E-state index contributed by atoms with van der Waals surface area (Å²) < 4.78 is 13.1. The van der Waals surface area contributed by atoms with Crippen LogP contribution in [0.4, 0.5) is 22.7 Å². The van der Waals surface area contributed by atoms with E-state index in [4.69, 9.17) is 29.9 Å². The van der Waals surface area contributed by atoms with Crippen molar-refractivity contribution in [2.24, 2.45) is 20.5 Å². The smallest absolute Gasteiger partial charge is 0.122 e. The van der Waals surface area contributed by atoms with E-state index >= 15 is 0 Å². The number of hydrogen-bond donors (Lipinski definition) is 0. The molecular weight excluding hydrogens is 713 g/mol. The van der Waals surface area contributed by atoms with Gasteiger partial charge in [0.25, 0.3) is 0 Å². The van der Waals surface area contributed by atoms with Crippen molar-refractivity contribution in [2.45, 2.75) is 169 Å². The monoisotopic (exact) mass is 785 g/mol. The first kappa shape index (κ1) is 44.8. The van der Waals surface area contributed by atoms with Crippen LogP contribution in [-0.2, 0) is 12.8 Å². The van der Waals surface area contributed by atoms with E-state index in [0.29, 0.717) is 19.6 Å². The molecule has 0 amide bonds. The van der Waals surface area contributed by atoms with Crippen molar-refractivity contribution in [3.05, 3.63) is 106 Å². The summed E-state index contributed by atoms with van der Waals surface area (Å²) in [4.78, 5) is 0. The molecule has 0 radical (unpaired) electrons. The lowest BCUT2D eigenvalue weighted by atomic mass is 9.96. The Labute approximate surface area is 351 Å². The average molecular weight is 785 g/mol. The molecule has 1 heterocycles. The fraction of sp³-hybridized carbons (Fsp3) is 0.538. The molecule has 1 aliphatic rings. The van der Waals surface area contributed by atoms with Gasteiger partial charge in [0.15, 0.2) is 0 Å². The molecule has 0 atom stereocenters. The quantitative estimate of drug-likeness (QED) is 0.0585. The van der Waals surface area contributed by atoms with E-state index in [2.05, 4.69) is 76.2 Å². The second kappa shape index (κ2) is 25.9. The first-order chi connectivity index (χ1) is 28.5. The van der Waals surface area contributed by atoms with E-state index in [1.54, 1.807) is 0 Å². The van der Waals surface area contributed by atoms with Gasteiger partial charge >= 0.3 is 0 Å². The highest BCUT2D eigenvalue weighted by Crippen LogP contribution is 2.35. The minimum atomic E-state index is 0.622. The number of unbranched alkanes of at least 4 members (excludes halogenated alkanes) is 18. The van der Waals surface area contributed by atoms with Crippen LogP contribution in [-0.4, -0.2) is 13.2 Å². The number of azo groups is 2. The lowest BCUT2D eigenvalue weighted by Gasteiger charge is -2.16. The summed E-state index contributed by atoms with van der Waals surface area (Å²) in [5, 5.41) is 19.0. The first-order valence-corrected chi connectivity index (χ1v) is 23.1. The van der Waals surface area contributed by atoms with E-state index < -0.39 is 0 Å². The van der Waals surface area contributed by atoms with Crippen molar-refractivity contribution in [2.75, 3.05) is 13.2 Å². The SMILES string of the molecule is CCCCCCCCCCCCOc1ccc2cc1Cc1cc(ccc1OCCCCCCCCCCCC)/N=N/c1ccc(C)c(c1)Cc1cc(ccc1C)/N=N/2. The maximum Gasteiger partial charge on any atom is 0.122 e. The maximum atomic E-state index is 6.54. The summed E-state index contributed by atoms with van der Waals surface area (Å²) in [6.07, 6.45) is 27.4. The standard InChI is InChI=1S/C52H72N4O2/c1-5-7-9-11-13-15-17-19-21-23-33-57-51-31-29-49-39-45(51)36-46-40-50(30-32-52(46)58-34-24-22-20-18-16-14-12-10-8-6-2)56-54-48-28-26-42(4)44(38-48)35-43-37-47(53-55-49)27-25-41(43)3/h25-32,37-40H,5-24,33-36H2,1-4H3/b55-53+,56-54+. The lowest BCUT2D eigenvalue weighted by Crippen LogP contribution is -2.03. The summed E-state index contributed by atoms with van der Waals surface area (Å²) in [6.45, 7) is 10.3. The predicted molar refractivity (Wildman–Crippen MR) is 244 cm³/mol. The van der Waals surface area contributed by atoms with Crippen LogP contribution < -0.4 is 9.47 Å². The minimum Gasteiger partial charge on any atom is -0.493 e. The molecule has 0 aromatic heterocycles. The molecule has 4 aromatic carbocycles. The zero-order valence-corrected chi connectivity index (χ0v) is 36.5. The zero-order valence-electron chi connectivity index (χ0n) is 36.5. The topological polar surface area (TPSA) is 67.9 Å². The molecule has 5 rings (SSSR count). The van der Waals surface area contributed by atoms with Crippen molar-refractivity contribution < 1.29 is 9.47 Å². The molecule has 8 bridgehead atoms. The van der Waals surface area contributed by atoms with Gasteiger partial charge in [0.1, 0.15) is 11.5 Å². The number of nitrogens with zero attached hydrogens (tertiary/aromatic N) is 4. The predicted octanol–water partition coefficient (Wildman–Crippen LogP) is 17.2. The van der Waals surface area contributed by atoms with Gasteiger partial charge in [0.2, 0.25) is 0 Å². The number of ether oxygens (including phenoxy) is 2. The van der Waals surface area contributed by atoms with Crippen LogP contribution in [0.25, 0.3) is 0 Å². The Kier molecular flexibility index (Phi) is 20.0. The summed E-state index contributed by atoms with van der Waals surface area (Å²) in [7, 11) is 0. The third-order valence-electron chi connectivity index (χ3n) is 11.6. The van der Waals surface area contributed by atoms with Crippen LogP contribution in [0.1, 0.15) is 176 Å². The largest absolute Gasteiger partial charge is 0.493 e. The molecule has 6 heteroatoms. The number of rotatable bonds is 24. The Morgan fingerprint density at radius 1 is 0.362 bits per heavy atom. The molecule has 0 saturated heterocycles. The highest BCUT2D eigenvalue weighted by molar-refractivity contribution is 5.55. The number of fused-ring (bicyclic) bond motifs is 8. The molecule has 0 spiro atoms. The van der Waals surface area contributed by atoms with Crippen molar-refractivity contribution in [1.82, 2.24) is 0 Å². The van der Waals surface area contributed by atoms with Gasteiger partial charge in [-0.25, -0.2) is 0 Å². The molecule has 312 valence electrons. The third kappa shape index (κ3) is 15.8. The molecule has 0 aliphatic carbocycles. The molecular formula is C52H72N4O2. The zero-order chi connectivity index (χ0) is 40.6. The van der Waals surface area contributed by atoms with Gasteiger partial charge in [0, 0.05) is 17.5 Å². The van der Waals surface area contributed by atoms with Crippen molar-refractivity contribution >= 4 is 22.7 Å². The van der Waals surface area contributed by atoms with E-state index in [9.17, 15) is 0 Å². The van der Waals surface area contributed by atoms with Gasteiger partial charge in [-0.05, 0) is 116 Å². The molecule has 6 nitrogen and oxygen atoms in total. The number of hydrogen-bond acceptors (Lipinski definition) is 6. The van der Waals surface area contributed by atoms with Crippen molar-refractivity contribution in [3.8, 4) is 11.5 Å². The normalized spacial score (nSPS) is 13.4.